The molecule has 0 atom stereocenters. The quantitative estimate of drug-likeness (QED) is 0.161. The first kappa shape index (κ1) is 6.18. The zero-order valence-corrected chi connectivity index (χ0v) is 3.81. The Morgan fingerprint density at radius 1 is 1.38 bits per heavy atom. The fourth-order valence-electron chi connectivity index (χ4n) is 0.114. The smallest absolute Gasteiger partial charge is 0.218 e. The summed E-state index contributed by atoms with van der Waals surface area (Å²) >= 11 is 0. The summed E-state index contributed by atoms with van der Waals surface area (Å²) in [5.74, 6) is 4.50. The molecule has 0 radical (unpaired) electrons. The molecule has 6 nitrogen and oxygen atoms in total. The summed E-state index contributed by atoms with van der Waals surface area (Å²) in [5.41, 5.74) is 0. The van der Waals surface area contributed by atoms with Crippen LogP contribution < -0.4 is 5.84 Å². The Morgan fingerprint density at radius 3 is 2.00 bits per heavy atom. The number of nitrogens with two attached hydrogens (primary N) is 1. The fourth-order valence-corrected chi connectivity index (χ4v) is 0.114. The molecule has 8 heavy (non-hydrogen) atoms. The number of rotatable bonds is 1. The van der Waals surface area contributed by atoms with E-state index in [9.17, 15) is 0 Å². The predicted octanol–water partition coefficient (Wildman–Crippen LogP) is -0.509. The SMILES string of the molecule is N#CN(C#N)N=NN. The van der Waals surface area contributed by atoms with Crippen LogP contribution in [0.2, 0.25) is 0 Å². The molecule has 0 aromatic rings. The standard InChI is InChI=1S/C2H2N6/c3-1-8(2-4)7-6-5/h(H2,5,7). The van der Waals surface area contributed by atoms with Gasteiger partial charge in [0.15, 0.2) is 0 Å². The van der Waals surface area contributed by atoms with Gasteiger partial charge in [0.25, 0.3) is 0 Å². The molecule has 0 aliphatic carbocycles. The Morgan fingerprint density at radius 2 is 1.88 bits per heavy atom. The van der Waals surface area contributed by atoms with Gasteiger partial charge in [-0.1, -0.05) is 10.2 Å². The molecule has 0 spiro atoms. The third-order valence-corrected chi connectivity index (χ3v) is 0.331. The van der Waals surface area contributed by atoms with Gasteiger partial charge in [0.2, 0.25) is 12.4 Å². The van der Waals surface area contributed by atoms with Crippen LogP contribution in [-0.4, -0.2) is 5.01 Å². The maximum Gasteiger partial charge on any atom is 0.218 e. The molecule has 0 fully saturated rings. The highest BCUT2D eigenvalue weighted by atomic mass is 15.6. The van der Waals surface area contributed by atoms with Crippen LogP contribution in [-0.2, 0) is 0 Å². The first-order valence-corrected chi connectivity index (χ1v) is 1.55. The molecule has 0 bridgehead atoms. The minimum atomic E-state index is 0.375. The molecule has 0 aromatic carbocycles. The lowest BCUT2D eigenvalue weighted by molar-refractivity contribution is 0.532. The van der Waals surface area contributed by atoms with E-state index in [0.717, 1.165) is 0 Å². The van der Waals surface area contributed by atoms with Gasteiger partial charge in [-0.05, 0) is 5.22 Å². The highest BCUT2D eigenvalue weighted by molar-refractivity contribution is 4.80. The van der Waals surface area contributed by atoms with E-state index in [4.69, 9.17) is 10.5 Å². The molecule has 6 heteroatoms. The number of hydrogen-bond acceptors (Lipinski definition) is 4. The summed E-state index contributed by atoms with van der Waals surface area (Å²) in [6, 6.07) is 0. The van der Waals surface area contributed by atoms with Gasteiger partial charge in [-0.2, -0.15) is 10.5 Å². The number of nitrogens with zero attached hydrogens (tertiary/aromatic N) is 5. The second-order valence-electron chi connectivity index (χ2n) is 0.717. The predicted molar refractivity (Wildman–Crippen MR) is 22.1 cm³/mol. The molecule has 0 saturated heterocycles. The normalized spacial score (nSPS) is 7.75. The van der Waals surface area contributed by atoms with E-state index in [2.05, 4.69) is 16.3 Å². The van der Waals surface area contributed by atoms with E-state index >= 15 is 0 Å². The lowest BCUT2D eigenvalue weighted by Crippen LogP contribution is -1.99. The maximum absolute atomic E-state index is 7.90. The van der Waals surface area contributed by atoms with Crippen LogP contribution >= 0.6 is 0 Å². The molecule has 0 rings (SSSR count). The van der Waals surface area contributed by atoms with E-state index in [1.165, 1.54) is 12.4 Å². The van der Waals surface area contributed by atoms with E-state index in [1.54, 1.807) is 0 Å². The average Bonchev–Trinajstić information content (AvgIpc) is 1.83. The topological polar surface area (TPSA) is 102 Å². The van der Waals surface area contributed by atoms with Crippen LogP contribution in [0.15, 0.2) is 10.4 Å². The zero-order chi connectivity index (χ0) is 6.41. The van der Waals surface area contributed by atoms with Crippen molar-refractivity contribution in [3.8, 4) is 12.4 Å². The average molecular weight is 110 g/mol. The van der Waals surface area contributed by atoms with Gasteiger partial charge >= 0.3 is 0 Å². The van der Waals surface area contributed by atoms with E-state index in [-0.39, 0.29) is 0 Å². The lowest BCUT2D eigenvalue weighted by atomic mass is 11.1. The summed E-state index contributed by atoms with van der Waals surface area (Å²) < 4.78 is 0. The molecule has 0 heterocycles. The molecule has 0 saturated carbocycles. The zero-order valence-electron chi connectivity index (χ0n) is 3.81. The summed E-state index contributed by atoms with van der Waals surface area (Å²) in [5, 5.41) is 21.7. The third-order valence-electron chi connectivity index (χ3n) is 0.331. The second-order valence-corrected chi connectivity index (χ2v) is 0.717. The molecule has 40 valence electrons. The van der Waals surface area contributed by atoms with Crippen molar-refractivity contribution in [1.29, 1.82) is 10.5 Å². The minimum Gasteiger partial charge on any atom is -0.303 e. The number of hydrogen-bond donors (Lipinski definition) is 1. The first-order valence-electron chi connectivity index (χ1n) is 1.55. The Balaban J connectivity index is 3.82. The van der Waals surface area contributed by atoms with Gasteiger partial charge in [0, 0.05) is 0 Å². The molecule has 0 aliphatic rings. The fraction of sp³-hybridized carbons (Fsp3) is 0. The monoisotopic (exact) mass is 110 g/mol. The third kappa shape index (κ3) is 1.58. The molecule has 0 unspecified atom stereocenters. The van der Waals surface area contributed by atoms with Gasteiger partial charge in [-0.25, -0.2) is 0 Å². The highest BCUT2D eigenvalue weighted by Crippen LogP contribution is 1.78. The second kappa shape index (κ2) is 3.37. The first-order chi connectivity index (χ1) is 3.85. The van der Waals surface area contributed by atoms with Crippen molar-refractivity contribution in [2.45, 2.75) is 0 Å². The van der Waals surface area contributed by atoms with Crippen LogP contribution in [0.1, 0.15) is 0 Å². The van der Waals surface area contributed by atoms with Crippen LogP contribution in [0.3, 0.4) is 0 Å². The van der Waals surface area contributed by atoms with Gasteiger partial charge in [0.1, 0.15) is 0 Å². The Bertz CT molecular complexity index is 142. The van der Waals surface area contributed by atoms with Crippen molar-refractivity contribution in [3.05, 3.63) is 0 Å². The Hall–Kier alpha value is -1.82. The lowest BCUT2D eigenvalue weighted by Gasteiger charge is -1.86. The largest absolute Gasteiger partial charge is 0.303 e. The summed E-state index contributed by atoms with van der Waals surface area (Å²) in [7, 11) is 0. The summed E-state index contributed by atoms with van der Waals surface area (Å²) in [6.07, 6.45) is 2.77. The number of nitriles is 2. The van der Waals surface area contributed by atoms with E-state index in [1.807, 2.05) is 0 Å². The van der Waals surface area contributed by atoms with Gasteiger partial charge in [-0.3, -0.25) is 0 Å². The van der Waals surface area contributed by atoms with E-state index in [0.29, 0.717) is 5.01 Å². The summed E-state index contributed by atoms with van der Waals surface area (Å²) in [4.78, 5) is 0. The molecular weight excluding hydrogens is 108 g/mol. The maximum atomic E-state index is 7.90. The summed E-state index contributed by atoms with van der Waals surface area (Å²) in [6.45, 7) is 0. The molecular formula is C2H2N6. The molecule has 0 aromatic heterocycles. The van der Waals surface area contributed by atoms with Crippen LogP contribution in [0.5, 0.6) is 0 Å². The van der Waals surface area contributed by atoms with Crippen molar-refractivity contribution in [2.24, 2.45) is 16.3 Å². The minimum absolute atomic E-state index is 0.375. The van der Waals surface area contributed by atoms with Crippen molar-refractivity contribution in [2.75, 3.05) is 0 Å². The van der Waals surface area contributed by atoms with Crippen LogP contribution in [0.4, 0.5) is 0 Å². The van der Waals surface area contributed by atoms with Crippen molar-refractivity contribution < 1.29 is 0 Å². The van der Waals surface area contributed by atoms with Crippen LogP contribution in [0.25, 0.3) is 0 Å². The molecule has 0 aliphatic heterocycles. The van der Waals surface area contributed by atoms with Gasteiger partial charge in [0.05, 0.1) is 0 Å². The van der Waals surface area contributed by atoms with E-state index < -0.39 is 0 Å². The Kier molecular flexibility index (Phi) is 2.61. The van der Waals surface area contributed by atoms with Gasteiger partial charge < -0.3 is 5.84 Å². The van der Waals surface area contributed by atoms with Crippen LogP contribution in [0, 0.1) is 22.9 Å². The van der Waals surface area contributed by atoms with Gasteiger partial charge in [-0.15, -0.1) is 0 Å². The Labute approximate surface area is 45.4 Å². The highest BCUT2D eigenvalue weighted by Gasteiger charge is 1.89. The molecule has 2 N–H and O–H groups in total. The molecule has 0 amide bonds. The van der Waals surface area contributed by atoms with Crippen molar-refractivity contribution in [1.82, 2.24) is 5.01 Å². The van der Waals surface area contributed by atoms with Crippen molar-refractivity contribution >= 4 is 0 Å². The van der Waals surface area contributed by atoms with Crippen molar-refractivity contribution in [3.63, 3.8) is 0 Å².